The maximum Gasteiger partial charge on any atom is 0.120 e. The van der Waals surface area contributed by atoms with Crippen LogP contribution < -0.4 is 11.1 Å². The largest absolute Gasteiger partial charge is 0.465 e. The molecular weight excluding hydrogens is 188 g/mol. The highest BCUT2D eigenvalue weighted by molar-refractivity contribution is 5.09. The quantitative estimate of drug-likeness (QED) is 0.798. The normalized spacial score (nSPS) is 20.4. The fraction of sp³-hybridized carbons (Fsp3) is 0.667. The van der Waals surface area contributed by atoms with Crippen LogP contribution in [-0.4, -0.2) is 13.1 Å². The smallest absolute Gasteiger partial charge is 0.120 e. The minimum Gasteiger partial charge on any atom is -0.465 e. The Balaban J connectivity index is 1.88. The first-order valence-corrected chi connectivity index (χ1v) is 5.78. The lowest BCUT2D eigenvalue weighted by Gasteiger charge is -2.24. The molecule has 0 radical (unpaired) electrons. The first-order valence-electron chi connectivity index (χ1n) is 5.78. The zero-order chi connectivity index (χ0) is 10.7. The third kappa shape index (κ3) is 2.83. The van der Waals surface area contributed by atoms with E-state index < -0.39 is 0 Å². The highest BCUT2D eigenvalue weighted by Gasteiger charge is 2.19. The van der Waals surface area contributed by atoms with Crippen LogP contribution in [0.15, 0.2) is 16.5 Å². The van der Waals surface area contributed by atoms with Crippen LogP contribution in [0.25, 0.3) is 0 Å². The molecule has 3 N–H and O–H groups in total. The SMILES string of the molecule is Cc1ccc(C(N)CC2CCNCC2)o1. The molecule has 0 bridgehead atoms. The van der Waals surface area contributed by atoms with Gasteiger partial charge < -0.3 is 15.5 Å². The van der Waals surface area contributed by atoms with Gasteiger partial charge in [0.15, 0.2) is 0 Å². The molecule has 1 aliphatic rings. The van der Waals surface area contributed by atoms with Crippen LogP contribution in [0, 0.1) is 12.8 Å². The van der Waals surface area contributed by atoms with Gasteiger partial charge in [0.1, 0.15) is 11.5 Å². The molecule has 1 fully saturated rings. The van der Waals surface area contributed by atoms with E-state index >= 15 is 0 Å². The Morgan fingerprint density at radius 3 is 2.80 bits per heavy atom. The van der Waals surface area contributed by atoms with Crippen molar-refractivity contribution in [3.63, 3.8) is 0 Å². The molecule has 1 atom stereocenters. The maximum atomic E-state index is 6.13. The Labute approximate surface area is 91.0 Å². The molecule has 3 nitrogen and oxygen atoms in total. The van der Waals surface area contributed by atoms with Gasteiger partial charge in [-0.15, -0.1) is 0 Å². The molecule has 0 saturated carbocycles. The molecule has 15 heavy (non-hydrogen) atoms. The topological polar surface area (TPSA) is 51.2 Å². The number of furan rings is 1. The molecule has 1 aromatic rings. The lowest BCUT2D eigenvalue weighted by atomic mass is 9.90. The van der Waals surface area contributed by atoms with Crippen molar-refractivity contribution in [3.8, 4) is 0 Å². The van der Waals surface area contributed by atoms with Gasteiger partial charge in [-0.05, 0) is 57.3 Å². The molecule has 0 aromatic carbocycles. The molecule has 1 unspecified atom stereocenters. The number of hydrogen-bond acceptors (Lipinski definition) is 3. The summed E-state index contributed by atoms with van der Waals surface area (Å²) in [6.45, 7) is 4.23. The summed E-state index contributed by atoms with van der Waals surface area (Å²) in [6, 6.07) is 4.06. The van der Waals surface area contributed by atoms with Gasteiger partial charge in [0, 0.05) is 0 Å². The highest BCUT2D eigenvalue weighted by atomic mass is 16.3. The Morgan fingerprint density at radius 2 is 2.20 bits per heavy atom. The van der Waals surface area contributed by atoms with Crippen molar-refractivity contribution < 1.29 is 4.42 Å². The van der Waals surface area contributed by atoms with Crippen LogP contribution in [0.4, 0.5) is 0 Å². The van der Waals surface area contributed by atoms with Crippen molar-refractivity contribution in [3.05, 3.63) is 23.7 Å². The zero-order valence-electron chi connectivity index (χ0n) is 9.33. The molecule has 1 saturated heterocycles. The fourth-order valence-electron chi connectivity index (χ4n) is 2.25. The van der Waals surface area contributed by atoms with E-state index in [2.05, 4.69) is 5.32 Å². The van der Waals surface area contributed by atoms with Gasteiger partial charge in [-0.25, -0.2) is 0 Å². The summed E-state index contributed by atoms with van der Waals surface area (Å²) in [5, 5.41) is 3.37. The number of nitrogens with one attached hydrogen (secondary N) is 1. The molecule has 1 aromatic heterocycles. The van der Waals surface area contributed by atoms with Gasteiger partial charge in [0.2, 0.25) is 0 Å². The predicted octanol–water partition coefficient (Wildman–Crippen LogP) is 1.98. The van der Waals surface area contributed by atoms with Crippen LogP contribution in [-0.2, 0) is 0 Å². The zero-order valence-corrected chi connectivity index (χ0v) is 9.33. The van der Waals surface area contributed by atoms with Crippen LogP contribution in [0.2, 0.25) is 0 Å². The van der Waals surface area contributed by atoms with Crippen molar-refractivity contribution >= 4 is 0 Å². The second kappa shape index (κ2) is 4.81. The van der Waals surface area contributed by atoms with E-state index in [1.807, 2.05) is 19.1 Å². The van der Waals surface area contributed by atoms with Gasteiger partial charge in [-0.1, -0.05) is 0 Å². The third-order valence-electron chi connectivity index (χ3n) is 3.17. The van der Waals surface area contributed by atoms with Crippen LogP contribution in [0.3, 0.4) is 0 Å². The van der Waals surface area contributed by atoms with Crippen molar-refractivity contribution in [1.82, 2.24) is 5.32 Å². The second-order valence-corrected chi connectivity index (χ2v) is 4.48. The Hall–Kier alpha value is -0.800. The van der Waals surface area contributed by atoms with E-state index in [1.54, 1.807) is 0 Å². The fourth-order valence-corrected chi connectivity index (χ4v) is 2.25. The molecule has 2 heterocycles. The van der Waals surface area contributed by atoms with Crippen LogP contribution in [0.1, 0.15) is 36.8 Å². The minimum atomic E-state index is 0.0711. The number of hydrogen-bond donors (Lipinski definition) is 2. The van der Waals surface area contributed by atoms with Gasteiger partial charge in [0.05, 0.1) is 6.04 Å². The lowest BCUT2D eigenvalue weighted by molar-refractivity contribution is 0.313. The molecule has 0 amide bonds. The molecule has 1 aliphatic heterocycles. The van der Waals surface area contributed by atoms with E-state index in [4.69, 9.17) is 10.2 Å². The molecule has 2 rings (SSSR count). The van der Waals surface area contributed by atoms with E-state index in [0.717, 1.165) is 36.9 Å². The van der Waals surface area contributed by atoms with E-state index in [1.165, 1.54) is 12.8 Å². The van der Waals surface area contributed by atoms with Crippen molar-refractivity contribution in [1.29, 1.82) is 0 Å². The summed E-state index contributed by atoms with van der Waals surface area (Å²) in [6.07, 6.45) is 3.54. The predicted molar refractivity (Wildman–Crippen MR) is 60.6 cm³/mol. The highest BCUT2D eigenvalue weighted by Crippen LogP contribution is 2.25. The first-order chi connectivity index (χ1) is 7.25. The average Bonchev–Trinajstić information content (AvgIpc) is 2.66. The number of rotatable bonds is 3. The van der Waals surface area contributed by atoms with Gasteiger partial charge >= 0.3 is 0 Å². The van der Waals surface area contributed by atoms with E-state index in [-0.39, 0.29) is 6.04 Å². The van der Waals surface area contributed by atoms with Crippen LogP contribution in [0.5, 0.6) is 0 Å². The van der Waals surface area contributed by atoms with Gasteiger partial charge in [0.25, 0.3) is 0 Å². The standard InChI is InChI=1S/C12H20N2O/c1-9-2-3-12(15-9)11(13)8-10-4-6-14-7-5-10/h2-3,10-11,14H,4-8,13H2,1H3. The monoisotopic (exact) mass is 208 g/mol. The van der Waals surface area contributed by atoms with Crippen molar-refractivity contribution in [2.45, 2.75) is 32.2 Å². The van der Waals surface area contributed by atoms with Gasteiger partial charge in [-0.2, -0.15) is 0 Å². The molecule has 84 valence electrons. The molecular formula is C12H20N2O. The summed E-state index contributed by atoms with van der Waals surface area (Å²) in [4.78, 5) is 0. The first kappa shape index (κ1) is 10.7. The lowest BCUT2D eigenvalue weighted by Crippen LogP contribution is -2.29. The van der Waals surface area contributed by atoms with E-state index in [0.29, 0.717) is 0 Å². The number of piperidine rings is 1. The molecule has 0 spiro atoms. The Bertz CT molecular complexity index is 302. The Kier molecular flexibility index (Phi) is 3.44. The maximum absolute atomic E-state index is 6.13. The summed E-state index contributed by atoms with van der Waals surface area (Å²) >= 11 is 0. The van der Waals surface area contributed by atoms with Crippen LogP contribution >= 0.6 is 0 Å². The summed E-state index contributed by atoms with van der Waals surface area (Å²) in [5.41, 5.74) is 6.13. The summed E-state index contributed by atoms with van der Waals surface area (Å²) in [5.74, 6) is 2.64. The Morgan fingerprint density at radius 1 is 1.47 bits per heavy atom. The number of aryl methyl sites for hydroxylation is 1. The second-order valence-electron chi connectivity index (χ2n) is 4.48. The van der Waals surface area contributed by atoms with Gasteiger partial charge in [-0.3, -0.25) is 0 Å². The summed E-state index contributed by atoms with van der Waals surface area (Å²) < 4.78 is 5.55. The minimum absolute atomic E-state index is 0.0711. The van der Waals surface area contributed by atoms with Crippen molar-refractivity contribution in [2.75, 3.05) is 13.1 Å². The number of nitrogens with two attached hydrogens (primary N) is 1. The average molecular weight is 208 g/mol. The third-order valence-corrected chi connectivity index (χ3v) is 3.17. The molecule has 0 aliphatic carbocycles. The molecule has 3 heteroatoms. The summed E-state index contributed by atoms with van der Waals surface area (Å²) in [7, 11) is 0. The van der Waals surface area contributed by atoms with Crippen molar-refractivity contribution in [2.24, 2.45) is 11.7 Å². The van der Waals surface area contributed by atoms with E-state index in [9.17, 15) is 0 Å².